The number of benzene rings is 1. The zero-order valence-corrected chi connectivity index (χ0v) is 16.1. The van der Waals surface area contributed by atoms with Crippen molar-refractivity contribution in [2.75, 3.05) is 25.5 Å². The van der Waals surface area contributed by atoms with Crippen LogP contribution in [0.15, 0.2) is 28.5 Å². The van der Waals surface area contributed by atoms with Crippen LogP contribution < -0.4 is 20.9 Å². The first-order valence-corrected chi connectivity index (χ1v) is 9.50. The quantitative estimate of drug-likeness (QED) is 0.556. The number of halogens is 1. The molecule has 1 aliphatic heterocycles. The molecule has 8 nitrogen and oxygen atoms in total. The van der Waals surface area contributed by atoms with Crippen LogP contribution in [0, 0.1) is 3.57 Å². The van der Waals surface area contributed by atoms with Crippen molar-refractivity contribution in [2.24, 2.45) is 5.73 Å². The standard InChI is InChI=1S/C15H15IN6O2S/c16-8-5-9-10(24-4-3-23-9)6-11(8)25-15-21-12-13(18)19-7-20-14(12)22(15)2-1-17/h5-7H,1-4,17H2,(H2,18,19,20). The van der Waals surface area contributed by atoms with Gasteiger partial charge in [0.05, 0.1) is 0 Å². The third-order valence-electron chi connectivity index (χ3n) is 3.68. The second-order valence-corrected chi connectivity index (χ2v) is 7.47. The maximum Gasteiger partial charge on any atom is 0.175 e. The van der Waals surface area contributed by atoms with Crippen LogP contribution in [0.2, 0.25) is 0 Å². The number of hydrogen-bond acceptors (Lipinski definition) is 8. The van der Waals surface area contributed by atoms with Gasteiger partial charge in [-0.3, -0.25) is 0 Å². The maximum absolute atomic E-state index is 5.94. The molecule has 0 amide bonds. The number of ether oxygens (including phenoxy) is 2. The highest BCUT2D eigenvalue weighted by Gasteiger charge is 2.19. The summed E-state index contributed by atoms with van der Waals surface area (Å²) in [4.78, 5) is 14.0. The van der Waals surface area contributed by atoms with E-state index in [1.165, 1.54) is 18.1 Å². The fraction of sp³-hybridized carbons (Fsp3) is 0.267. The molecule has 0 aliphatic carbocycles. The Morgan fingerprint density at radius 1 is 1.20 bits per heavy atom. The Labute approximate surface area is 161 Å². The van der Waals surface area contributed by atoms with Crippen LogP contribution in [0.3, 0.4) is 0 Å². The Balaban J connectivity index is 1.78. The van der Waals surface area contributed by atoms with Crippen molar-refractivity contribution in [1.82, 2.24) is 19.5 Å². The summed E-state index contributed by atoms with van der Waals surface area (Å²) in [6.45, 7) is 2.19. The molecular formula is C15H15IN6O2S. The van der Waals surface area contributed by atoms with Crippen molar-refractivity contribution in [3.63, 3.8) is 0 Å². The number of nitrogens with zero attached hydrogens (tertiary/aromatic N) is 4. The molecule has 0 fully saturated rings. The van der Waals surface area contributed by atoms with E-state index in [0.29, 0.717) is 43.3 Å². The summed E-state index contributed by atoms with van der Waals surface area (Å²) in [7, 11) is 0. The third kappa shape index (κ3) is 3.09. The predicted octanol–water partition coefficient (Wildman–Crippen LogP) is 1.89. The number of hydrogen-bond donors (Lipinski definition) is 2. The smallest absolute Gasteiger partial charge is 0.175 e. The second-order valence-electron chi connectivity index (χ2n) is 5.29. The van der Waals surface area contributed by atoms with E-state index in [4.69, 9.17) is 20.9 Å². The van der Waals surface area contributed by atoms with Crippen LogP contribution in [0.1, 0.15) is 0 Å². The number of nitrogen functional groups attached to an aromatic ring is 1. The average molecular weight is 470 g/mol. The molecule has 0 atom stereocenters. The Bertz CT molecular complexity index is 947. The van der Waals surface area contributed by atoms with Gasteiger partial charge in [0.25, 0.3) is 0 Å². The number of aromatic nitrogens is 4. The van der Waals surface area contributed by atoms with Crippen molar-refractivity contribution in [3.8, 4) is 11.5 Å². The largest absolute Gasteiger partial charge is 0.486 e. The lowest BCUT2D eigenvalue weighted by molar-refractivity contribution is 0.171. The van der Waals surface area contributed by atoms with Gasteiger partial charge in [-0.05, 0) is 34.7 Å². The van der Waals surface area contributed by atoms with Gasteiger partial charge < -0.3 is 25.5 Å². The number of anilines is 1. The molecule has 4 rings (SSSR count). The van der Waals surface area contributed by atoms with Gasteiger partial charge in [-0.25, -0.2) is 15.0 Å². The molecule has 0 radical (unpaired) electrons. The molecule has 0 saturated heterocycles. The van der Waals surface area contributed by atoms with E-state index in [1.54, 1.807) is 0 Å². The zero-order valence-electron chi connectivity index (χ0n) is 13.1. The van der Waals surface area contributed by atoms with Crippen molar-refractivity contribution in [2.45, 2.75) is 16.6 Å². The minimum atomic E-state index is 0.361. The predicted molar refractivity (Wildman–Crippen MR) is 103 cm³/mol. The Kier molecular flexibility index (Phi) is 4.56. The summed E-state index contributed by atoms with van der Waals surface area (Å²) in [5.41, 5.74) is 13.0. The number of rotatable bonds is 4. The van der Waals surface area contributed by atoms with Crippen molar-refractivity contribution < 1.29 is 9.47 Å². The van der Waals surface area contributed by atoms with Crippen LogP contribution >= 0.6 is 34.4 Å². The van der Waals surface area contributed by atoms with E-state index >= 15 is 0 Å². The molecule has 1 aromatic carbocycles. The molecule has 25 heavy (non-hydrogen) atoms. The summed E-state index contributed by atoms with van der Waals surface area (Å²) in [6.07, 6.45) is 1.44. The number of imidazole rings is 1. The first kappa shape index (κ1) is 16.7. The average Bonchev–Trinajstić information content (AvgIpc) is 2.95. The summed E-state index contributed by atoms with van der Waals surface area (Å²) in [6, 6.07) is 3.95. The molecule has 0 bridgehead atoms. The van der Waals surface area contributed by atoms with E-state index < -0.39 is 0 Å². The van der Waals surface area contributed by atoms with E-state index in [0.717, 1.165) is 25.1 Å². The van der Waals surface area contributed by atoms with E-state index in [1.807, 2.05) is 16.7 Å². The number of fused-ring (bicyclic) bond motifs is 2. The summed E-state index contributed by atoms with van der Waals surface area (Å²) in [5.74, 6) is 1.88. The van der Waals surface area contributed by atoms with Gasteiger partial charge in [-0.2, -0.15) is 0 Å². The maximum atomic E-state index is 5.94. The minimum Gasteiger partial charge on any atom is -0.486 e. The fourth-order valence-electron chi connectivity index (χ4n) is 2.56. The Morgan fingerprint density at radius 2 is 1.96 bits per heavy atom. The van der Waals surface area contributed by atoms with Crippen LogP contribution in [-0.2, 0) is 6.54 Å². The summed E-state index contributed by atoms with van der Waals surface area (Å²) >= 11 is 3.80. The van der Waals surface area contributed by atoms with Gasteiger partial charge in [0.1, 0.15) is 19.5 Å². The van der Waals surface area contributed by atoms with Crippen LogP contribution in [0.25, 0.3) is 11.2 Å². The monoisotopic (exact) mass is 470 g/mol. The molecule has 0 saturated carbocycles. The third-order valence-corrected chi connectivity index (χ3v) is 5.99. The molecule has 4 N–H and O–H groups in total. The molecule has 0 unspecified atom stereocenters. The highest BCUT2D eigenvalue weighted by atomic mass is 127. The molecule has 3 heterocycles. The zero-order chi connectivity index (χ0) is 17.4. The molecule has 0 spiro atoms. The van der Waals surface area contributed by atoms with Crippen LogP contribution in [0.5, 0.6) is 11.5 Å². The molecule has 130 valence electrons. The van der Waals surface area contributed by atoms with Gasteiger partial charge in [0, 0.05) is 21.6 Å². The van der Waals surface area contributed by atoms with Crippen molar-refractivity contribution in [1.29, 1.82) is 0 Å². The van der Waals surface area contributed by atoms with Crippen LogP contribution in [0.4, 0.5) is 5.82 Å². The van der Waals surface area contributed by atoms with Crippen molar-refractivity contribution >= 4 is 51.3 Å². The minimum absolute atomic E-state index is 0.361. The highest BCUT2D eigenvalue weighted by Crippen LogP contribution is 2.40. The first-order chi connectivity index (χ1) is 12.2. The van der Waals surface area contributed by atoms with Gasteiger partial charge >= 0.3 is 0 Å². The molecule has 10 heteroatoms. The van der Waals surface area contributed by atoms with Gasteiger partial charge in [-0.15, -0.1) is 0 Å². The van der Waals surface area contributed by atoms with Crippen molar-refractivity contribution in [3.05, 3.63) is 22.0 Å². The SMILES string of the molecule is NCCn1c(Sc2cc3c(cc2I)OCCO3)nc2c(N)ncnc21. The first-order valence-electron chi connectivity index (χ1n) is 7.61. The fourth-order valence-corrected chi connectivity index (χ4v) is 4.28. The lowest BCUT2D eigenvalue weighted by atomic mass is 10.3. The second kappa shape index (κ2) is 6.84. The van der Waals surface area contributed by atoms with Gasteiger partial charge in [0.2, 0.25) is 0 Å². The van der Waals surface area contributed by atoms with Crippen LogP contribution in [-0.4, -0.2) is 39.3 Å². The van der Waals surface area contributed by atoms with Gasteiger partial charge in [0.15, 0.2) is 33.6 Å². The lowest BCUT2D eigenvalue weighted by Gasteiger charge is -2.19. The molecular weight excluding hydrogens is 455 g/mol. The summed E-state index contributed by atoms with van der Waals surface area (Å²) < 4.78 is 14.3. The summed E-state index contributed by atoms with van der Waals surface area (Å²) in [5, 5.41) is 0.766. The normalized spacial score (nSPS) is 13.4. The van der Waals surface area contributed by atoms with E-state index in [9.17, 15) is 0 Å². The molecule has 1 aliphatic rings. The Hall–Kier alpha value is -1.79. The van der Waals surface area contributed by atoms with Gasteiger partial charge in [-0.1, -0.05) is 11.8 Å². The lowest BCUT2D eigenvalue weighted by Crippen LogP contribution is -2.15. The van der Waals surface area contributed by atoms with E-state index in [2.05, 4.69) is 37.5 Å². The number of nitrogens with two attached hydrogens (primary N) is 2. The highest BCUT2D eigenvalue weighted by molar-refractivity contribution is 14.1. The topological polar surface area (TPSA) is 114 Å². The van der Waals surface area contributed by atoms with E-state index in [-0.39, 0.29) is 0 Å². The molecule has 3 aromatic rings. The molecule has 2 aromatic heterocycles. The Morgan fingerprint density at radius 3 is 2.72 bits per heavy atom.